The number of carbonyl (C=O) groups is 1. The molecule has 19 heavy (non-hydrogen) atoms. The van der Waals surface area contributed by atoms with Gasteiger partial charge < -0.3 is 16.0 Å². The molecule has 0 aromatic carbocycles. The van der Waals surface area contributed by atoms with Crippen LogP contribution < -0.4 is 11.1 Å². The highest BCUT2D eigenvalue weighted by molar-refractivity contribution is 5.84. The lowest BCUT2D eigenvalue weighted by Crippen LogP contribution is -2.56. The lowest BCUT2D eigenvalue weighted by molar-refractivity contribution is -0.125. The Morgan fingerprint density at radius 3 is 2.68 bits per heavy atom. The van der Waals surface area contributed by atoms with Gasteiger partial charge in [0, 0.05) is 13.1 Å². The number of hydrogen-bond donors (Lipinski definition) is 2. The number of nitrogens with one attached hydrogen (secondary N) is 1. The fraction of sp³-hybridized carbons (Fsp3) is 0.933. The van der Waals surface area contributed by atoms with Crippen LogP contribution in [0.5, 0.6) is 0 Å². The number of nitrogens with two attached hydrogens (primary N) is 1. The maximum absolute atomic E-state index is 11.9. The van der Waals surface area contributed by atoms with Crippen molar-refractivity contribution in [3.05, 3.63) is 0 Å². The normalized spacial score (nSPS) is 28.3. The third-order valence-corrected chi connectivity index (χ3v) is 4.39. The molecule has 112 valence electrons. The summed E-state index contributed by atoms with van der Waals surface area (Å²) in [6, 6.07) is 0. The predicted molar refractivity (Wildman–Crippen MR) is 80.0 cm³/mol. The number of likely N-dealkylation sites (N-methyl/N-ethyl adjacent to an activating group) is 1. The first-order chi connectivity index (χ1) is 9.00. The Hall–Kier alpha value is -0.610. The van der Waals surface area contributed by atoms with Gasteiger partial charge in [0.25, 0.3) is 0 Å². The molecule has 4 nitrogen and oxygen atoms in total. The molecular weight excluding hydrogens is 238 g/mol. The van der Waals surface area contributed by atoms with Gasteiger partial charge in [-0.3, -0.25) is 4.79 Å². The van der Waals surface area contributed by atoms with Crippen LogP contribution >= 0.6 is 0 Å². The molecule has 0 aromatic heterocycles. The zero-order chi connectivity index (χ0) is 14.3. The highest BCUT2D eigenvalue weighted by atomic mass is 16.1. The van der Waals surface area contributed by atoms with E-state index in [4.69, 9.17) is 5.73 Å². The molecule has 0 aromatic rings. The summed E-state index contributed by atoms with van der Waals surface area (Å²) < 4.78 is 0. The van der Waals surface area contributed by atoms with Crippen molar-refractivity contribution in [2.24, 2.45) is 11.7 Å². The molecule has 1 aliphatic carbocycles. The molecule has 1 rings (SSSR count). The molecule has 2 unspecified atom stereocenters. The van der Waals surface area contributed by atoms with E-state index in [1.165, 1.54) is 19.3 Å². The molecule has 2 atom stereocenters. The molecule has 0 heterocycles. The Balaban J connectivity index is 2.58. The molecule has 1 fully saturated rings. The zero-order valence-corrected chi connectivity index (χ0v) is 12.9. The number of nitrogens with zero attached hydrogens (tertiary/aromatic N) is 1. The van der Waals surface area contributed by atoms with Crippen LogP contribution in [0.1, 0.15) is 51.9 Å². The van der Waals surface area contributed by atoms with Crippen LogP contribution in [-0.2, 0) is 4.79 Å². The van der Waals surface area contributed by atoms with Crippen molar-refractivity contribution in [2.45, 2.75) is 57.4 Å². The summed E-state index contributed by atoms with van der Waals surface area (Å²) in [5.74, 6) is 0.616. The van der Waals surface area contributed by atoms with Gasteiger partial charge in [0.15, 0.2) is 0 Å². The van der Waals surface area contributed by atoms with Crippen molar-refractivity contribution in [1.29, 1.82) is 0 Å². The van der Waals surface area contributed by atoms with Gasteiger partial charge in [0.05, 0.1) is 5.54 Å². The Morgan fingerprint density at radius 1 is 1.37 bits per heavy atom. The number of carbonyl (C=O) groups excluding carboxylic acids is 1. The molecule has 0 radical (unpaired) electrons. The first-order valence-electron chi connectivity index (χ1n) is 7.70. The standard InChI is InChI=1S/C15H31N3O/c1-4-6-13-7-5-9-15(10-8-13,14(16)19)17-11-12-18(2)3/h13,17H,4-12H2,1-3H3,(H2,16,19). The minimum Gasteiger partial charge on any atom is -0.368 e. The van der Waals surface area contributed by atoms with Gasteiger partial charge in [-0.25, -0.2) is 0 Å². The monoisotopic (exact) mass is 269 g/mol. The summed E-state index contributed by atoms with van der Waals surface area (Å²) in [6.45, 7) is 4.00. The molecule has 0 saturated heterocycles. The van der Waals surface area contributed by atoms with Crippen molar-refractivity contribution in [2.75, 3.05) is 27.2 Å². The van der Waals surface area contributed by atoms with E-state index in [2.05, 4.69) is 17.1 Å². The maximum Gasteiger partial charge on any atom is 0.237 e. The molecule has 0 spiro atoms. The van der Waals surface area contributed by atoms with Crippen LogP contribution in [0.25, 0.3) is 0 Å². The third kappa shape index (κ3) is 5.11. The summed E-state index contributed by atoms with van der Waals surface area (Å²) in [7, 11) is 4.09. The highest BCUT2D eigenvalue weighted by Crippen LogP contribution is 2.32. The molecule has 1 aliphatic rings. The van der Waals surface area contributed by atoms with E-state index >= 15 is 0 Å². The predicted octanol–water partition coefficient (Wildman–Crippen LogP) is 1.74. The fourth-order valence-electron chi connectivity index (χ4n) is 3.14. The number of hydrogen-bond acceptors (Lipinski definition) is 3. The van der Waals surface area contributed by atoms with Crippen molar-refractivity contribution < 1.29 is 4.79 Å². The topological polar surface area (TPSA) is 58.4 Å². The molecule has 4 heteroatoms. The van der Waals surface area contributed by atoms with Crippen LogP contribution in [-0.4, -0.2) is 43.5 Å². The van der Waals surface area contributed by atoms with E-state index in [0.717, 1.165) is 44.7 Å². The van der Waals surface area contributed by atoms with Crippen molar-refractivity contribution >= 4 is 5.91 Å². The van der Waals surface area contributed by atoms with Crippen LogP contribution in [0.4, 0.5) is 0 Å². The van der Waals surface area contributed by atoms with E-state index < -0.39 is 5.54 Å². The highest BCUT2D eigenvalue weighted by Gasteiger charge is 2.37. The molecule has 0 bridgehead atoms. The molecule has 0 aliphatic heterocycles. The molecule has 1 saturated carbocycles. The lowest BCUT2D eigenvalue weighted by atomic mass is 9.88. The summed E-state index contributed by atoms with van der Waals surface area (Å²) >= 11 is 0. The van der Waals surface area contributed by atoms with Crippen LogP contribution in [0, 0.1) is 5.92 Å². The largest absolute Gasteiger partial charge is 0.368 e. The smallest absolute Gasteiger partial charge is 0.237 e. The van der Waals surface area contributed by atoms with Crippen molar-refractivity contribution in [1.82, 2.24) is 10.2 Å². The molecule has 1 amide bonds. The third-order valence-electron chi connectivity index (χ3n) is 4.39. The van der Waals surface area contributed by atoms with E-state index in [9.17, 15) is 4.79 Å². The SMILES string of the molecule is CCCC1CCCC(NCCN(C)C)(C(N)=O)CC1. The average Bonchev–Trinajstić information content (AvgIpc) is 2.53. The zero-order valence-electron chi connectivity index (χ0n) is 12.9. The van der Waals surface area contributed by atoms with Gasteiger partial charge in [-0.2, -0.15) is 0 Å². The van der Waals surface area contributed by atoms with Crippen LogP contribution in [0.2, 0.25) is 0 Å². The second-order valence-electron chi connectivity index (χ2n) is 6.26. The molecule has 3 N–H and O–H groups in total. The van der Waals surface area contributed by atoms with Crippen LogP contribution in [0.3, 0.4) is 0 Å². The lowest BCUT2D eigenvalue weighted by Gasteiger charge is -2.31. The number of amides is 1. The average molecular weight is 269 g/mol. The molecular formula is C15H31N3O. The van der Waals surface area contributed by atoms with E-state index in [1.807, 2.05) is 14.1 Å². The van der Waals surface area contributed by atoms with Crippen LogP contribution in [0.15, 0.2) is 0 Å². The number of primary amides is 1. The Morgan fingerprint density at radius 2 is 2.11 bits per heavy atom. The number of rotatable bonds is 7. The summed E-state index contributed by atoms with van der Waals surface area (Å²) in [5, 5.41) is 3.45. The first kappa shape index (κ1) is 16.4. The van der Waals surface area contributed by atoms with Gasteiger partial charge in [0.2, 0.25) is 5.91 Å². The van der Waals surface area contributed by atoms with E-state index in [-0.39, 0.29) is 5.91 Å². The summed E-state index contributed by atoms with van der Waals surface area (Å²) in [4.78, 5) is 14.0. The van der Waals surface area contributed by atoms with Crippen molar-refractivity contribution in [3.63, 3.8) is 0 Å². The summed E-state index contributed by atoms with van der Waals surface area (Å²) in [5.41, 5.74) is 5.23. The van der Waals surface area contributed by atoms with Gasteiger partial charge >= 0.3 is 0 Å². The second-order valence-corrected chi connectivity index (χ2v) is 6.26. The minimum absolute atomic E-state index is 0.164. The van der Waals surface area contributed by atoms with Crippen molar-refractivity contribution in [3.8, 4) is 0 Å². The Kier molecular flexibility index (Phi) is 6.80. The van der Waals surface area contributed by atoms with Gasteiger partial charge in [-0.15, -0.1) is 0 Å². The van der Waals surface area contributed by atoms with Gasteiger partial charge in [-0.1, -0.05) is 32.6 Å². The quantitative estimate of drug-likeness (QED) is 0.692. The van der Waals surface area contributed by atoms with Gasteiger partial charge in [-0.05, 0) is 39.3 Å². The summed E-state index contributed by atoms with van der Waals surface area (Å²) in [6.07, 6.45) is 7.82. The second kappa shape index (κ2) is 7.85. The van der Waals surface area contributed by atoms with Gasteiger partial charge in [0.1, 0.15) is 0 Å². The van der Waals surface area contributed by atoms with E-state index in [1.54, 1.807) is 0 Å². The first-order valence-corrected chi connectivity index (χ1v) is 7.70. The Labute approximate surface area is 118 Å². The fourth-order valence-corrected chi connectivity index (χ4v) is 3.14. The maximum atomic E-state index is 11.9. The Bertz CT molecular complexity index is 281. The minimum atomic E-state index is -0.460. The van der Waals surface area contributed by atoms with E-state index in [0.29, 0.717) is 0 Å².